The molecule has 2 amide bonds. The molecule has 1 fully saturated rings. The van der Waals surface area contributed by atoms with Crippen molar-refractivity contribution in [2.24, 2.45) is 5.92 Å². The third-order valence-electron chi connectivity index (χ3n) is 4.12. The standard InChI is InChI=1S/C17H24N2O2/c1-12-5-3-7-15(10-9-12)18-17(21)19-16-8-4-6-14(11-16)13(2)20/h4,6,8,11-12,15H,3,5,7,9-10H2,1-2H3,(H2,18,19,21). The summed E-state index contributed by atoms with van der Waals surface area (Å²) in [6, 6.07) is 7.09. The molecular weight excluding hydrogens is 264 g/mol. The molecule has 0 saturated heterocycles. The Morgan fingerprint density at radius 1 is 1.14 bits per heavy atom. The Labute approximate surface area is 126 Å². The minimum absolute atomic E-state index is 0.00295. The normalized spacial score (nSPS) is 22.2. The van der Waals surface area contributed by atoms with E-state index < -0.39 is 0 Å². The maximum atomic E-state index is 12.0. The highest BCUT2D eigenvalue weighted by atomic mass is 16.2. The molecular formula is C17H24N2O2. The van der Waals surface area contributed by atoms with Gasteiger partial charge in [-0.25, -0.2) is 4.79 Å². The summed E-state index contributed by atoms with van der Waals surface area (Å²) >= 11 is 0. The van der Waals surface area contributed by atoms with Crippen molar-refractivity contribution in [2.45, 2.75) is 52.0 Å². The van der Waals surface area contributed by atoms with E-state index >= 15 is 0 Å². The first kappa shape index (κ1) is 15.5. The summed E-state index contributed by atoms with van der Waals surface area (Å²) in [5.74, 6) is 0.754. The highest BCUT2D eigenvalue weighted by molar-refractivity contribution is 5.96. The van der Waals surface area contributed by atoms with Crippen LogP contribution in [0.2, 0.25) is 0 Å². The van der Waals surface area contributed by atoms with Crippen LogP contribution in [0, 0.1) is 5.92 Å². The summed E-state index contributed by atoms with van der Waals surface area (Å²) in [5.41, 5.74) is 1.26. The largest absolute Gasteiger partial charge is 0.335 e. The monoisotopic (exact) mass is 288 g/mol. The van der Waals surface area contributed by atoms with Crippen LogP contribution in [-0.4, -0.2) is 17.9 Å². The first-order chi connectivity index (χ1) is 10.0. The van der Waals surface area contributed by atoms with E-state index in [9.17, 15) is 9.59 Å². The molecule has 2 atom stereocenters. The number of amides is 2. The fourth-order valence-electron chi connectivity index (χ4n) is 2.80. The predicted molar refractivity (Wildman–Crippen MR) is 84.6 cm³/mol. The maximum Gasteiger partial charge on any atom is 0.319 e. The van der Waals surface area contributed by atoms with E-state index in [-0.39, 0.29) is 17.9 Å². The molecule has 4 heteroatoms. The molecule has 0 aliphatic heterocycles. The van der Waals surface area contributed by atoms with E-state index in [2.05, 4.69) is 17.6 Å². The summed E-state index contributed by atoms with van der Waals surface area (Å²) in [4.78, 5) is 23.4. The zero-order valence-electron chi connectivity index (χ0n) is 12.8. The van der Waals surface area contributed by atoms with Crippen LogP contribution >= 0.6 is 0 Å². The van der Waals surface area contributed by atoms with Gasteiger partial charge in [0.05, 0.1) is 0 Å². The van der Waals surface area contributed by atoms with Gasteiger partial charge in [0, 0.05) is 17.3 Å². The Bertz CT molecular complexity index is 513. The van der Waals surface area contributed by atoms with Crippen molar-refractivity contribution >= 4 is 17.5 Å². The summed E-state index contributed by atoms with van der Waals surface area (Å²) in [7, 11) is 0. The van der Waals surface area contributed by atoms with Crippen molar-refractivity contribution < 1.29 is 9.59 Å². The molecule has 4 nitrogen and oxygen atoms in total. The molecule has 2 N–H and O–H groups in total. The second-order valence-electron chi connectivity index (χ2n) is 6.05. The van der Waals surface area contributed by atoms with E-state index in [4.69, 9.17) is 0 Å². The van der Waals surface area contributed by atoms with Gasteiger partial charge in [-0.15, -0.1) is 0 Å². The van der Waals surface area contributed by atoms with Gasteiger partial charge in [0.25, 0.3) is 0 Å². The molecule has 1 aromatic rings. The molecule has 2 unspecified atom stereocenters. The van der Waals surface area contributed by atoms with Gasteiger partial charge in [0.15, 0.2) is 5.78 Å². The molecule has 0 bridgehead atoms. The van der Waals surface area contributed by atoms with Gasteiger partial charge in [-0.3, -0.25) is 4.79 Å². The average Bonchev–Trinajstić information content (AvgIpc) is 2.64. The average molecular weight is 288 g/mol. The summed E-state index contributed by atoms with van der Waals surface area (Å²) < 4.78 is 0. The third-order valence-corrected chi connectivity index (χ3v) is 4.12. The first-order valence-corrected chi connectivity index (χ1v) is 7.73. The Hall–Kier alpha value is -1.84. The number of nitrogens with one attached hydrogen (secondary N) is 2. The van der Waals surface area contributed by atoms with E-state index in [1.165, 1.54) is 26.2 Å². The van der Waals surface area contributed by atoms with Crippen LogP contribution in [0.1, 0.15) is 56.3 Å². The number of urea groups is 1. The van der Waals surface area contributed by atoms with Crippen molar-refractivity contribution in [3.05, 3.63) is 29.8 Å². The highest BCUT2D eigenvalue weighted by Crippen LogP contribution is 2.22. The zero-order chi connectivity index (χ0) is 15.2. The predicted octanol–water partition coefficient (Wildman–Crippen LogP) is 3.98. The van der Waals surface area contributed by atoms with Crippen LogP contribution in [0.15, 0.2) is 24.3 Å². The number of carbonyl (C=O) groups excluding carboxylic acids is 2. The molecule has 114 valence electrons. The number of ketones is 1. The Kier molecular flexibility index (Phi) is 5.37. The van der Waals surface area contributed by atoms with Gasteiger partial charge in [0.2, 0.25) is 0 Å². The number of rotatable bonds is 3. The van der Waals surface area contributed by atoms with Crippen LogP contribution in [0.4, 0.5) is 10.5 Å². The van der Waals surface area contributed by atoms with E-state index in [1.807, 2.05) is 0 Å². The van der Waals surface area contributed by atoms with Gasteiger partial charge in [0.1, 0.15) is 0 Å². The van der Waals surface area contributed by atoms with Crippen molar-refractivity contribution in [2.75, 3.05) is 5.32 Å². The van der Waals surface area contributed by atoms with Crippen LogP contribution in [-0.2, 0) is 0 Å². The van der Waals surface area contributed by atoms with Gasteiger partial charge in [-0.05, 0) is 44.2 Å². The summed E-state index contributed by atoms with van der Waals surface area (Å²) in [6.45, 7) is 3.79. The highest BCUT2D eigenvalue weighted by Gasteiger charge is 2.17. The number of benzene rings is 1. The fourth-order valence-corrected chi connectivity index (χ4v) is 2.80. The van der Waals surface area contributed by atoms with Gasteiger partial charge in [-0.2, -0.15) is 0 Å². The lowest BCUT2D eigenvalue weighted by molar-refractivity contribution is 0.101. The zero-order valence-corrected chi connectivity index (χ0v) is 12.8. The molecule has 1 aliphatic carbocycles. The van der Waals surface area contributed by atoms with E-state index in [0.29, 0.717) is 11.3 Å². The number of Topliss-reactive ketones (excluding diaryl/α,β-unsaturated/α-hetero) is 1. The molecule has 1 saturated carbocycles. The quantitative estimate of drug-likeness (QED) is 0.653. The maximum absolute atomic E-state index is 12.0. The van der Waals surface area contributed by atoms with Gasteiger partial charge >= 0.3 is 6.03 Å². The SMILES string of the molecule is CC(=O)c1cccc(NC(=O)NC2CCCC(C)CC2)c1. The lowest BCUT2D eigenvalue weighted by Gasteiger charge is -2.17. The molecule has 0 heterocycles. The van der Waals surface area contributed by atoms with Crippen molar-refractivity contribution in [3.8, 4) is 0 Å². The molecule has 0 aromatic heterocycles. The fraction of sp³-hybridized carbons (Fsp3) is 0.529. The molecule has 2 rings (SSSR count). The van der Waals surface area contributed by atoms with Gasteiger partial charge < -0.3 is 10.6 Å². The van der Waals surface area contributed by atoms with Crippen LogP contribution in [0.5, 0.6) is 0 Å². The molecule has 21 heavy (non-hydrogen) atoms. The minimum Gasteiger partial charge on any atom is -0.335 e. The van der Waals surface area contributed by atoms with E-state index in [0.717, 1.165) is 18.8 Å². The van der Waals surface area contributed by atoms with Crippen molar-refractivity contribution in [1.29, 1.82) is 0 Å². The topological polar surface area (TPSA) is 58.2 Å². The number of hydrogen-bond acceptors (Lipinski definition) is 2. The Morgan fingerprint density at radius 3 is 2.71 bits per heavy atom. The van der Waals surface area contributed by atoms with Crippen LogP contribution < -0.4 is 10.6 Å². The van der Waals surface area contributed by atoms with Crippen LogP contribution in [0.25, 0.3) is 0 Å². The van der Waals surface area contributed by atoms with E-state index in [1.54, 1.807) is 24.3 Å². The number of anilines is 1. The molecule has 1 aliphatic rings. The molecule has 1 aromatic carbocycles. The molecule has 0 spiro atoms. The van der Waals surface area contributed by atoms with Gasteiger partial charge in [-0.1, -0.05) is 31.9 Å². The van der Waals surface area contributed by atoms with Crippen molar-refractivity contribution in [3.63, 3.8) is 0 Å². The van der Waals surface area contributed by atoms with Crippen LogP contribution in [0.3, 0.4) is 0 Å². The summed E-state index contributed by atoms with van der Waals surface area (Å²) in [5, 5.41) is 5.86. The summed E-state index contributed by atoms with van der Waals surface area (Å²) in [6.07, 6.45) is 5.68. The number of carbonyl (C=O) groups is 2. The third kappa shape index (κ3) is 4.88. The lowest BCUT2D eigenvalue weighted by atomic mass is 10.0. The lowest BCUT2D eigenvalue weighted by Crippen LogP contribution is -2.37. The smallest absolute Gasteiger partial charge is 0.319 e. The first-order valence-electron chi connectivity index (χ1n) is 7.73. The number of hydrogen-bond donors (Lipinski definition) is 2. The second-order valence-corrected chi connectivity index (χ2v) is 6.05. The minimum atomic E-state index is -0.185. The molecule has 0 radical (unpaired) electrons. The van der Waals surface area contributed by atoms with Crippen molar-refractivity contribution in [1.82, 2.24) is 5.32 Å². The second kappa shape index (κ2) is 7.25. The Balaban J connectivity index is 1.89. The Morgan fingerprint density at radius 2 is 1.95 bits per heavy atom.